The van der Waals surface area contributed by atoms with Crippen molar-refractivity contribution in [1.82, 2.24) is 9.88 Å². The number of guanidine groups is 1. The highest BCUT2D eigenvalue weighted by atomic mass is 16.3. The molecule has 3 heterocycles. The first-order chi connectivity index (χ1) is 19.4. The van der Waals surface area contributed by atoms with Crippen molar-refractivity contribution in [3.63, 3.8) is 0 Å². The molecular formula is C31H38N6O3. The summed E-state index contributed by atoms with van der Waals surface area (Å²) in [6.45, 7) is 8.07. The topological polar surface area (TPSA) is 121 Å². The van der Waals surface area contributed by atoms with Crippen LogP contribution < -0.4 is 10.6 Å². The fraction of sp³-hybridized carbons (Fsp3) is 0.484. The van der Waals surface area contributed by atoms with E-state index in [1.165, 1.54) is 0 Å². The first-order valence-electron chi connectivity index (χ1n) is 14.0. The van der Waals surface area contributed by atoms with Crippen LogP contribution in [0.15, 0.2) is 65.0 Å². The van der Waals surface area contributed by atoms with E-state index in [1.54, 1.807) is 22.2 Å². The number of pyridine rings is 1. The molecule has 1 aromatic heterocycles. The smallest absolute Gasteiger partial charge is 0.236 e. The molecule has 2 aromatic rings. The van der Waals surface area contributed by atoms with Crippen molar-refractivity contribution in [2.45, 2.75) is 77.5 Å². The van der Waals surface area contributed by atoms with E-state index in [9.17, 15) is 14.5 Å². The molecule has 4 unspecified atom stereocenters. The average molecular weight is 543 g/mol. The highest BCUT2D eigenvalue weighted by Gasteiger charge is 3.12. The van der Waals surface area contributed by atoms with Gasteiger partial charge in [-0.2, -0.15) is 0 Å². The Hall–Kier alpha value is -4.06. The molecule has 3 fully saturated rings. The van der Waals surface area contributed by atoms with Crippen LogP contribution in [0.25, 0.3) is 0 Å². The van der Waals surface area contributed by atoms with Gasteiger partial charge < -0.3 is 5.73 Å². The van der Waals surface area contributed by atoms with Gasteiger partial charge in [-0.15, -0.1) is 17.8 Å². The zero-order valence-corrected chi connectivity index (χ0v) is 23.7. The van der Waals surface area contributed by atoms with Crippen LogP contribution in [0, 0.1) is 34.5 Å². The number of benzene rings is 1. The lowest BCUT2D eigenvalue weighted by Gasteiger charge is -2.38. The van der Waals surface area contributed by atoms with Crippen LogP contribution in [0.4, 0.5) is 5.69 Å². The van der Waals surface area contributed by atoms with E-state index in [0.717, 1.165) is 30.5 Å². The summed E-state index contributed by atoms with van der Waals surface area (Å²) in [6, 6.07) is 13.3. The lowest BCUT2D eigenvalue weighted by molar-refractivity contribution is -0.132. The molecule has 0 saturated heterocycles. The highest BCUT2D eigenvalue weighted by Crippen LogP contribution is 3.06. The Morgan fingerprint density at radius 3 is 2.23 bits per heavy atom. The first kappa shape index (κ1) is 28.9. The van der Waals surface area contributed by atoms with Crippen molar-refractivity contribution < 1.29 is 9.59 Å². The van der Waals surface area contributed by atoms with Gasteiger partial charge in [-0.3, -0.25) is 24.4 Å². The van der Waals surface area contributed by atoms with Gasteiger partial charge in [0.05, 0.1) is 23.4 Å². The van der Waals surface area contributed by atoms with Gasteiger partial charge in [-0.1, -0.05) is 52.0 Å². The number of nitrogens with two attached hydrogens (primary N) is 1. The quantitative estimate of drug-likeness (QED) is 0.440. The third-order valence-corrected chi connectivity index (χ3v) is 9.20. The summed E-state index contributed by atoms with van der Waals surface area (Å²) in [5, 5.41) is 3.22. The van der Waals surface area contributed by atoms with E-state index in [0.29, 0.717) is 18.8 Å². The summed E-state index contributed by atoms with van der Waals surface area (Å²) >= 11 is 0. The number of aromatic nitrogens is 1. The minimum absolute atomic E-state index is 0.0185. The van der Waals surface area contributed by atoms with E-state index >= 15 is 0 Å². The zero-order valence-electron chi connectivity index (χ0n) is 23.7. The largest absolute Gasteiger partial charge is 0.369 e. The predicted octanol–water partition coefficient (Wildman–Crippen LogP) is 4.52. The number of anilines is 1. The van der Waals surface area contributed by atoms with Crippen LogP contribution in [0.5, 0.6) is 0 Å². The number of carbonyl (C=O) groups is 2. The normalized spacial score (nSPS) is 30.6. The van der Waals surface area contributed by atoms with Gasteiger partial charge in [0.25, 0.3) is 0 Å². The Morgan fingerprint density at radius 1 is 1.10 bits per heavy atom. The number of nitroso groups, excluding NO2 is 1. The number of terminal acetylenes is 1. The number of rotatable bonds is 5. The maximum atomic E-state index is 13.5. The van der Waals surface area contributed by atoms with Gasteiger partial charge in [0.2, 0.25) is 11.8 Å². The Morgan fingerprint density at radius 2 is 1.73 bits per heavy atom. The third-order valence-electron chi connectivity index (χ3n) is 9.20. The number of para-hydroxylation sites is 1. The van der Waals surface area contributed by atoms with Gasteiger partial charge in [0.1, 0.15) is 0 Å². The van der Waals surface area contributed by atoms with Crippen molar-refractivity contribution in [3.8, 4) is 12.8 Å². The van der Waals surface area contributed by atoms with E-state index in [2.05, 4.69) is 23.0 Å². The van der Waals surface area contributed by atoms with Crippen LogP contribution in [-0.2, 0) is 16.0 Å². The van der Waals surface area contributed by atoms with Gasteiger partial charge >= 0.3 is 0 Å². The minimum Gasteiger partial charge on any atom is -0.369 e. The second kappa shape index (κ2) is 10.8. The molecule has 3 saturated carbocycles. The lowest BCUT2D eigenvalue weighted by atomic mass is 9.87. The summed E-state index contributed by atoms with van der Waals surface area (Å²) < 4.78 is 0. The van der Waals surface area contributed by atoms with Crippen LogP contribution >= 0.6 is 0 Å². The predicted molar refractivity (Wildman–Crippen MR) is 156 cm³/mol. The Bertz CT molecular complexity index is 1300. The molecule has 1 spiro atoms. The summed E-state index contributed by atoms with van der Waals surface area (Å²) in [4.78, 5) is 49.6. The zero-order chi connectivity index (χ0) is 29.3. The molecule has 3 aliphatic carbocycles. The standard InChI is InChI=1S/C22H25N5O3.C5H5N.C2H6.C2H2/c1-3-20(4-2)10-15(28)27(19(23)24-20)17-16-21(17)11-22(16,21)18(29)26-13-8-6-5-7-12(13)9-14(26)25-30;1-2-4-6-5-3-1;2*1-2/h5-8,14,16-17H,3-4,9-11H2,1-2H3,(H2,23,24);1-5H;1-2H3;1-2H/t14?,16?,17?,21-,22?;;;/m0.../s1. The molecule has 1 aromatic carbocycles. The van der Waals surface area contributed by atoms with Crippen molar-refractivity contribution in [2.24, 2.45) is 32.7 Å². The summed E-state index contributed by atoms with van der Waals surface area (Å²) in [5.41, 5.74) is 7.01. The van der Waals surface area contributed by atoms with E-state index in [4.69, 9.17) is 10.7 Å². The van der Waals surface area contributed by atoms with E-state index in [1.807, 2.05) is 70.2 Å². The maximum Gasteiger partial charge on any atom is 0.236 e. The molecule has 7 rings (SSSR count). The van der Waals surface area contributed by atoms with Gasteiger partial charge in [0, 0.05) is 35.8 Å². The fourth-order valence-electron chi connectivity index (χ4n) is 6.92. The first-order valence-corrected chi connectivity index (χ1v) is 14.0. The molecule has 2 N–H and O–H groups in total. The number of fused-ring (bicyclic) bond motifs is 2. The molecule has 210 valence electrons. The van der Waals surface area contributed by atoms with Crippen molar-refractivity contribution >= 4 is 23.5 Å². The van der Waals surface area contributed by atoms with Crippen molar-refractivity contribution in [1.29, 1.82) is 0 Å². The number of hydrogen-bond donors (Lipinski definition) is 1. The van der Waals surface area contributed by atoms with E-state index in [-0.39, 0.29) is 29.2 Å². The third kappa shape index (κ3) is 4.00. The highest BCUT2D eigenvalue weighted by molar-refractivity contribution is 6.10. The van der Waals surface area contributed by atoms with Crippen LogP contribution in [0.2, 0.25) is 0 Å². The van der Waals surface area contributed by atoms with Crippen LogP contribution in [0.3, 0.4) is 0 Å². The number of nitrogens with zero attached hydrogens (tertiary/aromatic N) is 5. The van der Waals surface area contributed by atoms with Crippen LogP contribution in [-0.4, -0.2) is 45.4 Å². The van der Waals surface area contributed by atoms with Crippen molar-refractivity contribution in [3.05, 3.63) is 65.3 Å². The maximum absolute atomic E-state index is 13.5. The summed E-state index contributed by atoms with van der Waals surface area (Å²) in [6.07, 6.45) is 14.0. The molecule has 40 heavy (non-hydrogen) atoms. The molecule has 9 heteroatoms. The number of carbonyl (C=O) groups excluding carboxylic acids is 2. The van der Waals surface area contributed by atoms with Crippen molar-refractivity contribution in [2.75, 3.05) is 4.90 Å². The Balaban J connectivity index is 0.000000321. The number of amides is 2. The molecule has 2 aliphatic heterocycles. The number of hydrogen-bond acceptors (Lipinski definition) is 7. The minimum atomic E-state index is -0.682. The van der Waals surface area contributed by atoms with Crippen LogP contribution in [0.1, 0.15) is 58.9 Å². The summed E-state index contributed by atoms with van der Waals surface area (Å²) in [7, 11) is 0. The van der Waals surface area contributed by atoms with Gasteiger partial charge in [-0.05, 0) is 48.2 Å². The molecule has 9 nitrogen and oxygen atoms in total. The van der Waals surface area contributed by atoms with Gasteiger partial charge in [-0.25, -0.2) is 4.99 Å². The average Bonchev–Trinajstić information content (AvgIpc) is 3.91. The Labute approximate surface area is 236 Å². The number of aliphatic imine (C=N–C) groups is 1. The lowest BCUT2D eigenvalue weighted by Crippen LogP contribution is -2.55. The fourth-order valence-corrected chi connectivity index (χ4v) is 6.92. The van der Waals surface area contributed by atoms with Gasteiger partial charge in [0.15, 0.2) is 12.1 Å². The molecule has 5 aliphatic rings. The van der Waals surface area contributed by atoms with E-state index < -0.39 is 17.1 Å². The molecule has 2 amide bonds. The molecule has 0 radical (unpaired) electrons. The SMILES string of the molecule is C#C.CC.CCC1(CC)CC(=O)N(C2C3C4(C(=O)N5c6ccccc6CC5N=O)C[C@@]234)C(N)=N1.c1ccncc1. The second-order valence-corrected chi connectivity index (χ2v) is 10.6. The summed E-state index contributed by atoms with van der Waals surface area (Å²) in [5.74, 6) is 0.430. The second-order valence-electron chi connectivity index (χ2n) is 10.6. The monoisotopic (exact) mass is 542 g/mol. The molecule has 0 bridgehead atoms. The molecule has 5 atom stereocenters. The molecular weight excluding hydrogens is 504 g/mol. The Kier molecular flexibility index (Phi) is 7.84.